The summed E-state index contributed by atoms with van der Waals surface area (Å²) >= 11 is 0. The van der Waals surface area contributed by atoms with Gasteiger partial charge >= 0.3 is 0 Å². The number of nitrogens with one attached hydrogen (secondary N) is 1. The Bertz CT molecular complexity index is 1010. The van der Waals surface area contributed by atoms with Crippen LogP contribution in [-0.4, -0.2) is 210 Å². The van der Waals surface area contributed by atoms with Crippen LogP contribution in [0.15, 0.2) is 0 Å². The lowest BCUT2D eigenvalue weighted by molar-refractivity contribution is -0.387. The van der Waals surface area contributed by atoms with Gasteiger partial charge in [0.25, 0.3) is 0 Å². The number of carbonyl (C=O) groups excluding carboxylic acids is 1. The van der Waals surface area contributed by atoms with E-state index in [0.717, 1.165) is 6.92 Å². The normalized spacial score (nSPS) is 51.0. The Kier molecular flexibility index (Phi) is 13.2. The lowest BCUT2D eigenvalue weighted by Gasteiger charge is -2.50. The lowest BCUT2D eigenvalue weighted by Crippen LogP contribution is -2.69. The van der Waals surface area contributed by atoms with Gasteiger partial charge in [-0.1, -0.05) is 0 Å². The minimum atomic E-state index is -1.92. The zero-order valence-electron chi connectivity index (χ0n) is 25.3. The molecular formula is C26H45NO20. The van der Waals surface area contributed by atoms with Gasteiger partial charge in [-0.05, 0) is 6.92 Å². The smallest absolute Gasteiger partial charge is 0.217 e. The third-order valence-corrected chi connectivity index (χ3v) is 8.57. The highest BCUT2D eigenvalue weighted by molar-refractivity contribution is 5.73. The molecule has 0 unspecified atom stereocenters. The number of amides is 1. The largest absolute Gasteiger partial charge is 0.394 e. The molecule has 0 spiro atoms. The third kappa shape index (κ3) is 8.04. The maximum atomic E-state index is 12.1. The van der Waals surface area contributed by atoms with Crippen molar-refractivity contribution >= 4 is 5.91 Å². The summed E-state index contributed by atoms with van der Waals surface area (Å²) in [4.78, 5) is 12.1. The Morgan fingerprint density at radius 1 is 0.553 bits per heavy atom. The van der Waals surface area contributed by atoms with Gasteiger partial charge in [0.15, 0.2) is 25.2 Å². The number of carbonyl (C=O) groups is 1. The molecule has 0 aromatic carbocycles. The van der Waals surface area contributed by atoms with Crippen LogP contribution in [-0.2, 0) is 38.0 Å². The molecule has 4 fully saturated rings. The molecule has 0 aliphatic carbocycles. The number of aliphatic hydroxyl groups excluding tert-OH is 12. The zero-order valence-corrected chi connectivity index (χ0v) is 25.3. The molecule has 0 aromatic rings. The molecule has 0 bridgehead atoms. The molecule has 4 aliphatic heterocycles. The van der Waals surface area contributed by atoms with E-state index in [4.69, 9.17) is 33.2 Å². The maximum absolute atomic E-state index is 12.1. The van der Waals surface area contributed by atoms with E-state index in [2.05, 4.69) is 5.32 Å². The van der Waals surface area contributed by atoms with E-state index in [1.165, 1.54) is 6.92 Å². The first-order valence-electron chi connectivity index (χ1n) is 15.0. The molecule has 274 valence electrons. The fourth-order valence-corrected chi connectivity index (χ4v) is 5.87. The summed E-state index contributed by atoms with van der Waals surface area (Å²) in [5, 5.41) is 126. The number of rotatable bonds is 10. The van der Waals surface area contributed by atoms with Gasteiger partial charge in [-0.2, -0.15) is 0 Å². The predicted octanol–water partition coefficient (Wildman–Crippen LogP) is -8.58. The number of aliphatic hydroxyl groups is 12. The van der Waals surface area contributed by atoms with Crippen LogP contribution in [0.2, 0.25) is 0 Å². The molecule has 0 aromatic heterocycles. The second-order valence-electron chi connectivity index (χ2n) is 11.9. The second kappa shape index (κ2) is 16.2. The fourth-order valence-electron chi connectivity index (χ4n) is 5.87. The van der Waals surface area contributed by atoms with Crippen molar-refractivity contribution < 1.29 is 99.2 Å². The molecule has 4 aliphatic rings. The van der Waals surface area contributed by atoms with Gasteiger partial charge in [0.2, 0.25) is 5.91 Å². The molecule has 21 nitrogen and oxygen atoms in total. The Balaban J connectivity index is 1.59. The fraction of sp³-hybridized carbons (Fsp3) is 0.962. The summed E-state index contributed by atoms with van der Waals surface area (Å²) in [6.07, 6.45) is -32.3. The van der Waals surface area contributed by atoms with E-state index in [-0.39, 0.29) is 0 Å². The highest BCUT2D eigenvalue weighted by Gasteiger charge is 2.55. The van der Waals surface area contributed by atoms with E-state index < -0.39 is 148 Å². The van der Waals surface area contributed by atoms with E-state index in [1.54, 1.807) is 0 Å². The first-order valence-corrected chi connectivity index (χ1v) is 15.0. The summed E-state index contributed by atoms with van der Waals surface area (Å²) in [6.45, 7) is -0.108. The Morgan fingerprint density at radius 2 is 1.11 bits per heavy atom. The average molecular weight is 692 g/mol. The number of ether oxygens (including phenoxy) is 7. The molecule has 0 radical (unpaired) electrons. The van der Waals surface area contributed by atoms with Crippen LogP contribution in [0.3, 0.4) is 0 Å². The standard InChI is InChI=1S/C26H45NO20/c1-6-12(32)16(36)18(38)25(41-6)47-22-17(37)13(33)8(3-28)43-26(22)45-20-10(5-30)44-24(11(15(20)35)27-7(2)31)46-21-14(34)9(4-29)42-23(40)19(21)39/h6,8-26,28-30,32-40H,3-5H2,1-2H3,(H,27,31)/t6-,8+,9+,10+,11+,12+,13-,14-,15+,16+,17-,18-,19+,20+,21-,22+,23-,24-,25-,26-/m0/s1. The van der Waals surface area contributed by atoms with Crippen LogP contribution in [0.4, 0.5) is 0 Å². The van der Waals surface area contributed by atoms with Gasteiger partial charge in [-0.3, -0.25) is 4.79 Å². The lowest BCUT2D eigenvalue weighted by atomic mass is 9.94. The van der Waals surface area contributed by atoms with Crippen molar-refractivity contribution in [2.75, 3.05) is 19.8 Å². The van der Waals surface area contributed by atoms with Crippen molar-refractivity contribution in [3.63, 3.8) is 0 Å². The predicted molar refractivity (Wildman–Crippen MR) is 144 cm³/mol. The average Bonchev–Trinajstić information content (AvgIpc) is 3.04. The van der Waals surface area contributed by atoms with E-state index >= 15 is 0 Å². The number of hydrogen-bond donors (Lipinski definition) is 13. The summed E-state index contributed by atoms with van der Waals surface area (Å²) in [5.41, 5.74) is 0. The van der Waals surface area contributed by atoms with Crippen LogP contribution < -0.4 is 5.32 Å². The maximum Gasteiger partial charge on any atom is 0.217 e. The van der Waals surface area contributed by atoms with Crippen LogP contribution in [0.5, 0.6) is 0 Å². The molecular weight excluding hydrogens is 646 g/mol. The topological polar surface area (TPSA) is 336 Å². The van der Waals surface area contributed by atoms with E-state index in [9.17, 15) is 66.1 Å². The third-order valence-electron chi connectivity index (χ3n) is 8.57. The SMILES string of the molecule is CC(=O)N[C@H]1[C@H](O[C@@H]2[C@@H](O)[C@@H](O)O[C@H](CO)[C@@H]2O)O[C@H](CO)[C@@H](O[C@@H]2O[C@H](CO)[C@H](O)[C@H](O)[C@H]2O[C@@H]2O[C@@H](C)[C@@H](O)[C@@H](O)[C@@H]2O)[C@@H]1O. The van der Waals surface area contributed by atoms with Gasteiger partial charge in [-0.15, -0.1) is 0 Å². The van der Waals surface area contributed by atoms with Gasteiger partial charge in [0.1, 0.15) is 91.5 Å². The van der Waals surface area contributed by atoms with Crippen LogP contribution in [0.1, 0.15) is 13.8 Å². The van der Waals surface area contributed by atoms with Gasteiger partial charge in [-0.25, -0.2) is 0 Å². The summed E-state index contributed by atoms with van der Waals surface area (Å²) in [5.74, 6) is -0.735. The first-order chi connectivity index (χ1) is 22.1. The second-order valence-corrected chi connectivity index (χ2v) is 11.9. The minimum absolute atomic E-state index is 0.735. The van der Waals surface area contributed by atoms with Crippen molar-refractivity contribution in [2.24, 2.45) is 0 Å². The molecule has 13 N–H and O–H groups in total. The highest BCUT2D eigenvalue weighted by Crippen LogP contribution is 2.34. The molecule has 4 heterocycles. The van der Waals surface area contributed by atoms with Crippen LogP contribution in [0.25, 0.3) is 0 Å². The number of hydrogen-bond acceptors (Lipinski definition) is 20. The Labute approximate surface area is 267 Å². The zero-order chi connectivity index (χ0) is 34.9. The molecule has 4 saturated heterocycles. The molecule has 4 rings (SSSR count). The van der Waals surface area contributed by atoms with Crippen LogP contribution in [0, 0.1) is 0 Å². The van der Waals surface area contributed by atoms with E-state index in [0.29, 0.717) is 0 Å². The Morgan fingerprint density at radius 3 is 1.70 bits per heavy atom. The van der Waals surface area contributed by atoms with E-state index in [1.807, 2.05) is 0 Å². The molecule has 47 heavy (non-hydrogen) atoms. The van der Waals surface area contributed by atoms with Crippen molar-refractivity contribution in [1.82, 2.24) is 5.32 Å². The van der Waals surface area contributed by atoms with Gasteiger partial charge in [0.05, 0.1) is 25.9 Å². The molecule has 1 amide bonds. The van der Waals surface area contributed by atoms with Crippen LogP contribution >= 0.6 is 0 Å². The van der Waals surface area contributed by atoms with Crippen molar-refractivity contribution in [2.45, 2.75) is 137 Å². The van der Waals surface area contributed by atoms with Gasteiger partial charge in [0, 0.05) is 6.92 Å². The monoisotopic (exact) mass is 691 g/mol. The molecule has 0 saturated carbocycles. The Hall–Kier alpha value is -1.29. The highest BCUT2D eigenvalue weighted by atomic mass is 16.8. The van der Waals surface area contributed by atoms with Crippen molar-refractivity contribution in [1.29, 1.82) is 0 Å². The van der Waals surface area contributed by atoms with Gasteiger partial charge < -0.3 is 99.8 Å². The van der Waals surface area contributed by atoms with Crippen molar-refractivity contribution in [3.8, 4) is 0 Å². The summed E-state index contributed by atoms with van der Waals surface area (Å²) < 4.78 is 38.9. The minimum Gasteiger partial charge on any atom is -0.394 e. The summed E-state index contributed by atoms with van der Waals surface area (Å²) in [7, 11) is 0. The molecule has 20 atom stereocenters. The quantitative estimate of drug-likeness (QED) is 0.101. The molecule has 21 heteroatoms. The first kappa shape index (κ1) is 38.5. The van der Waals surface area contributed by atoms with Crippen molar-refractivity contribution in [3.05, 3.63) is 0 Å². The summed E-state index contributed by atoms with van der Waals surface area (Å²) in [6, 6.07) is -1.58.